The van der Waals surface area contributed by atoms with Gasteiger partial charge in [-0.15, -0.1) is 0 Å². The number of carbonyl (C=O) groups is 2. The van der Waals surface area contributed by atoms with Crippen molar-refractivity contribution in [1.82, 2.24) is 15.1 Å². The van der Waals surface area contributed by atoms with Crippen molar-refractivity contribution in [1.29, 1.82) is 0 Å². The zero-order chi connectivity index (χ0) is 17.8. The summed E-state index contributed by atoms with van der Waals surface area (Å²) >= 11 is 0. The summed E-state index contributed by atoms with van der Waals surface area (Å²) in [5.74, 6) is 0.108. The highest BCUT2D eigenvalue weighted by Gasteiger charge is 2.34. The molecule has 2 heterocycles. The molecule has 25 heavy (non-hydrogen) atoms. The van der Waals surface area contributed by atoms with E-state index in [0.717, 1.165) is 38.9 Å². The van der Waals surface area contributed by atoms with E-state index in [4.69, 9.17) is 0 Å². The maximum absolute atomic E-state index is 13.0. The fourth-order valence-corrected chi connectivity index (χ4v) is 3.88. The largest absolute Gasteiger partial charge is 0.342 e. The highest BCUT2D eigenvalue weighted by atomic mass is 19.1. The van der Waals surface area contributed by atoms with Crippen LogP contribution in [0.4, 0.5) is 4.39 Å². The SMILES string of the molecule is CNCC1CCN(C(=O)C2CCCN(C(=O)c3ccc(F)cc3)C2)C1. The van der Waals surface area contributed by atoms with E-state index in [2.05, 4.69) is 5.32 Å². The van der Waals surface area contributed by atoms with E-state index >= 15 is 0 Å². The molecule has 6 heteroatoms. The summed E-state index contributed by atoms with van der Waals surface area (Å²) in [6.07, 6.45) is 2.70. The molecular formula is C19H26FN3O2. The van der Waals surface area contributed by atoms with Gasteiger partial charge < -0.3 is 15.1 Å². The standard InChI is InChI=1S/C19H26FN3O2/c1-21-11-14-8-10-23(12-14)19(25)16-3-2-9-22(13-16)18(24)15-4-6-17(20)7-5-15/h4-7,14,16,21H,2-3,8-13H2,1H3. The van der Waals surface area contributed by atoms with Crippen molar-refractivity contribution in [2.75, 3.05) is 39.8 Å². The normalized spacial score (nSPS) is 23.8. The molecule has 5 nitrogen and oxygen atoms in total. The molecule has 1 aromatic rings. The number of rotatable bonds is 4. The van der Waals surface area contributed by atoms with Gasteiger partial charge in [0.2, 0.25) is 5.91 Å². The van der Waals surface area contributed by atoms with Crippen LogP contribution in [0.3, 0.4) is 0 Å². The van der Waals surface area contributed by atoms with Crippen LogP contribution in [0.2, 0.25) is 0 Å². The molecule has 0 saturated carbocycles. The van der Waals surface area contributed by atoms with Crippen molar-refractivity contribution in [3.05, 3.63) is 35.6 Å². The number of carbonyl (C=O) groups excluding carboxylic acids is 2. The second-order valence-electron chi connectivity index (χ2n) is 7.09. The summed E-state index contributed by atoms with van der Waals surface area (Å²) in [6, 6.07) is 5.61. The van der Waals surface area contributed by atoms with E-state index in [0.29, 0.717) is 24.6 Å². The Morgan fingerprint density at radius 3 is 2.60 bits per heavy atom. The molecule has 3 rings (SSSR count). The molecule has 0 aromatic heterocycles. The molecule has 136 valence electrons. The highest BCUT2D eigenvalue weighted by Crippen LogP contribution is 2.24. The maximum atomic E-state index is 13.0. The molecule has 2 fully saturated rings. The second-order valence-corrected chi connectivity index (χ2v) is 7.09. The topological polar surface area (TPSA) is 52.7 Å². The van der Waals surface area contributed by atoms with Crippen LogP contribution in [0.15, 0.2) is 24.3 Å². The van der Waals surface area contributed by atoms with E-state index in [-0.39, 0.29) is 23.5 Å². The third-order valence-corrected chi connectivity index (χ3v) is 5.24. The van der Waals surface area contributed by atoms with Gasteiger partial charge in [0, 0.05) is 31.7 Å². The molecule has 0 aliphatic carbocycles. The Bertz CT molecular complexity index is 620. The third-order valence-electron chi connectivity index (χ3n) is 5.24. The Morgan fingerprint density at radius 1 is 1.12 bits per heavy atom. The fourth-order valence-electron chi connectivity index (χ4n) is 3.88. The van der Waals surface area contributed by atoms with Gasteiger partial charge in [-0.1, -0.05) is 0 Å². The zero-order valence-corrected chi connectivity index (χ0v) is 14.7. The van der Waals surface area contributed by atoms with Crippen LogP contribution in [0.5, 0.6) is 0 Å². The Kier molecular flexibility index (Phi) is 5.68. The van der Waals surface area contributed by atoms with Gasteiger partial charge in [-0.05, 0) is 63.0 Å². The molecule has 2 atom stereocenters. The quantitative estimate of drug-likeness (QED) is 0.903. The first-order chi connectivity index (χ1) is 12.1. The predicted molar refractivity (Wildman–Crippen MR) is 93.6 cm³/mol. The van der Waals surface area contributed by atoms with Gasteiger partial charge in [0.25, 0.3) is 5.91 Å². The molecule has 1 aromatic carbocycles. The molecule has 0 spiro atoms. The lowest BCUT2D eigenvalue weighted by Gasteiger charge is -2.34. The average molecular weight is 347 g/mol. The number of halogens is 1. The number of amides is 2. The first-order valence-corrected chi connectivity index (χ1v) is 9.06. The van der Waals surface area contributed by atoms with Crippen molar-refractivity contribution in [3.8, 4) is 0 Å². The lowest BCUT2D eigenvalue weighted by molar-refractivity contribution is -0.136. The van der Waals surface area contributed by atoms with Gasteiger partial charge in [-0.2, -0.15) is 0 Å². The fraction of sp³-hybridized carbons (Fsp3) is 0.579. The lowest BCUT2D eigenvalue weighted by atomic mass is 9.96. The number of likely N-dealkylation sites (tertiary alicyclic amines) is 2. The number of hydrogen-bond donors (Lipinski definition) is 1. The first-order valence-electron chi connectivity index (χ1n) is 9.06. The van der Waals surface area contributed by atoms with Gasteiger partial charge >= 0.3 is 0 Å². The lowest BCUT2D eigenvalue weighted by Crippen LogP contribution is -2.46. The van der Waals surface area contributed by atoms with Crippen LogP contribution < -0.4 is 5.32 Å². The van der Waals surface area contributed by atoms with Gasteiger partial charge in [0.05, 0.1) is 5.92 Å². The smallest absolute Gasteiger partial charge is 0.253 e. The third kappa shape index (κ3) is 4.18. The maximum Gasteiger partial charge on any atom is 0.253 e. The van der Waals surface area contributed by atoms with Gasteiger partial charge in [0.1, 0.15) is 5.82 Å². The first kappa shape index (κ1) is 17.9. The van der Waals surface area contributed by atoms with Crippen LogP contribution in [0.25, 0.3) is 0 Å². The second kappa shape index (κ2) is 7.95. The van der Waals surface area contributed by atoms with Crippen molar-refractivity contribution in [2.24, 2.45) is 11.8 Å². The minimum absolute atomic E-state index is 0.119. The minimum atomic E-state index is -0.353. The monoisotopic (exact) mass is 347 g/mol. The van der Waals surface area contributed by atoms with Crippen molar-refractivity contribution in [3.63, 3.8) is 0 Å². The van der Waals surface area contributed by atoms with Crippen molar-refractivity contribution in [2.45, 2.75) is 19.3 Å². The highest BCUT2D eigenvalue weighted by molar-refractivity contribution is 5.94. The van der Waals surface area contributed by atoms with E-state index in [1.54, 1.807) is 4.90 Å². The summed E-state index contributed by atoms with van der Waals surface area (Å²) in [6.45, 7) is 3.67. The number of nitrogens with zero attached hydrogens (tertiary/aromatic N) is 2. The molecule has 0 radical (unpaired) electrons. The van der Waals surface area contributed by atoms with Crippen molar-refractivity contribution < 1.29 is 14.0 Å². The van der Waals surface area contributed by atoms with Crippen LogP contribution >= 0.6 is 0 Å². The zero-order valence-electron chi connectivity index (χ0n) is 14.7. The minimum Gasteiger partial charge on any atom is -0.342 e. The molecule has 0 bridgehead atoms. The summed E-state index contributed by atoms with van der Waals surface area (Å²) in [4.78, 5) is 29.1. The van der Waals surface area contributed by atoms with Gasteiger partial charge in [0.15, 0.2) is 0 Å². The van der Waals surface area contributed by atoms with Crippen LogP contribution in [-0.4, -0.2) is 61.4 Å². The van der Waals surface area contributed by atoms with Crippen molar-refractivity contribution >= 4 is 11.8 Å². The van der Waals surface area contributed by atoms with Gasteiger partial charge in [-0.25, -0.2) is 4.39 Å². The molecule has 2 amide bonds. The summed E-state index contributed by atoms with van der Waals surface area (Å²) < 4.78 is 13.0. The Morgan fingerprint density at radius 2 is 1.88 bits per heavy atom. The number of piperidine rings is 1. The van der Waals surface area contributed by atoms with Crippen LogP contribution in [-0.2, 0) is 4.79 Å². The number of nitrogens with one attached hydrogen (secondary N) is 1. The molecular weight excluding hydrogens is 321 g/mol. The number of benzene rings is 1. The Balaban J connectivity index is 1.60. The van der Waals surface area contributed by atoms with Gasteiger partial charge in [-0.3, -0.25) is 9.59 Å². The van der Waals surface area contributed by atoms with E-state index < -0.39 is 0 Å². The summed E-state index contributed by atoms with van der Waals surface area (Å²) in [7, 11) is 1.94. The summed E-state index contributed by atoms with van der Waals surface area (Å²) in [5.41, 5.74) is 0.477. The van der Waals surface area contributed by atoms with E-state index in [1.165, 1.54) is 24.3 Å². The van der Waals surface area contributed by atoms with Crippen LogP contribution in [0, 0.1) is 17.7 Å². The Hall–Kier alpha value is -1.95. The number of hydrogen-bond acceptors (Lipinski definition) is 3. The predicted octanol–water partition coefficient (Wildman–Crippen LogP) is 1.75. The summed E-state index contributed by atoms with van der Waals surface area (Å²) in [5, 5.41) is 3.18. The van der Waals surface area contributed by atoms with E-state index in [1.807, 2.05) is 11.9 Å². The molecule has 1 N–H and O–H groups in total. The van der Waals surface area contributed by atoms with Crippen LogP contribution in [0.1, 0.15) is 29.6 Å². The molecule has 2 saturated heterocycles. The van der Waals surface area contributed by atoms with E-state index in [9.17, 15) is 14.0 Å². The molecule has 2 aliphatic heterocycles. The molecule has 2 unspecified atom stereocenters. The Labute approximate surface area is 148 Å². The average Bonchev–Trinajstić information content (AvgIpc) is 3.10. The molecule has 2 aliphatic rings.